The van der Waals surface area contributed by atoms with Gasteiger partial charge in [-0.15, -0.1) is 0 Å². The standard InChI is InChI=1S/C22H22F3N9O/c1-12-8-19(29-13(2)28-12)32-18-9-17(26-11-27-18)31-16-7-5-6-15(20(16)35-4)21-30-14(3)34(33-21)10-22(23,24)25/h5-9,11H,10H2,1-4H3,(H2,26,27,28,29,31,32). The van der Waals surface area contributed by atoms with Crippen LogP contribution in [0.3, 0.4) is 0 Å². The summed E-state index contributed by atoms with van der Waals surface area (Å²) in [6, 6.07) is 8.60. The highest BCUT2D eigenvalue weighted by Crippen LogP contribution is 2.36. The Labute approximate surface area is 198 Å². The smallest absolute Gasteiger partial charge is 0.408 e. The van der Waals surface area contributed by atoms with Gasteiger partial charge in [-0.25, -0.2) is 29.6 Å². The molecule has 0 saturated heterocycles. The molecule has 3 aromatic heterocycles. The Morgan fingerprint density at radius 1 is 0.943 bits per heavy atom. The van der Waals surface area contributed by atoms with Crippen molar-refractivity contribution in [2.75, 3.05) is 17.7 Å². The number of hydrogen-bond donors (Lipinski definition) is 2. The van der Waals surface area contributed by atoms with E-state index in [4.69, 9.17) is 4.74 Å². The van der Waals surface area contributed by atoms with E-state index in [-0.39, 0.29) is 11.6 Å². The third kappa shape index (κ3) is 5.80. The number of para-hydroxylation sites is 1. The molecule has 3 heterocycles. The highest BCUT2D eigenvalue weighted by atomic mass is 19.4. The fourth-order valence-electron chi connectivity index (χ4n) is 3.43. The summed E-state index contributed by atoms with van der Waals surface area (Å²) < 4.78 is 44.9. The van der Waals surface area contributed by atoms with Gasteiger partial charge in [-0.1, -0.05) is 6.07 Å². The number of nitrogens with zero attached hydrogens (tertiary/aromatic N) is 7. The van der Waals surface area contributed by atoms with Crippen LogP contribution in [-0.4, -0.2) is 48.0 Å². The number of alkyl halides is 3. The number of aryl methyl sites for hydroxylation is 3. The van der Waals surface area contributed by atoms with Gasteiger partial charge in [-0.05, 0) is 32.9 Å². The number of benzene rings is 1. The normalized spacial score (nSPS) is 11.4. The molecule has 0 fully saturated rings. The topological polar surface area (TPSA) is 116 Å². The molecule has 0 spiro atoms. The lowest BCUT2D eigenvalue weighted by atomic mass is 10.1. The molecule has 4 rings (SSSR count). The van der Waals surface area contributed by atoms with E-state index in [0.717, 1.165) is 10.4 Å². The monoisotopic (exact) mass is 485 g/mol. The molecule has 35 heavy (non-hydrogen) atoms. The van der Waals surface area contributed by atoms with Crippen LogP contribution in [-0.2, 0) is 6.54 Å². The molecule has 4 aromatic rings. The van der Waals surface area contributed by atoms with Crippen LogP contribution >= 0.6 is 0 Å². The fraction of sp³-hybridized carbons (Fsp3) is 0.273. The van der Waals surface area contributed by atoms with Gasteiger partial charge in [0.2, 0.25) is 0 Å². The van der Waals surface area contributed by atoms with Gasteiger partial charge < -0.3 is 15.4 Å². The van der Waals surface area contributed by atoms with Crippen molar-refractivity contribution in [1.82, 2.24) is 34.7 Å². The van der Waals surface area contributed by atoms with Gasteiger partial charge in [0.05, 0.1) is 18.4 Å². The summed E-state index contributed by atoms with van der Waals surface area (Å²) in [5.41, 5.74) is 1.77. The third-order valence-corrected chi connectivity index (χ3v) is 4.80. The molecule has 0 aliphatic rings. The molecule has 0 saturated carbocycles. The number of rotatable bonds is 7. The molecular formula is C22H22F3N9O. The number of anilines is 4. The molecule has 10 nitrogen and oxygen atoms in total. The van der Waals surface area contributed by atoms with E-state index in [2.05, 4.69) is 40.7 Å². The second-order valence-electron chi connectivity index (χ2n) is 7.62. The lowest BCUT2D eigenvalue weighted by Crippen LogP contribution is -2.19. The summed E-state index contributed by atoms with van der Waals surface area (Å²) >= 11 is 0. The Morgan fingerprint density at radius 3 is 2.37 bits per heavy atom. The molecule has 0 aliphatic heterocycles. The molecule has 2 N–H and O–H groups in total. The van der Waals surface area contributed by atoms with Crippen molar-refractivity contribution in [3.63, 3.8) is 0 Å². The van der Waals surface area contributed by atoms with Gasteiger partial charge in [0, 0.05) is 17.8 Å². The van der Waals surface area contributed by atoms with Gasteiger partial charge in [0.1, 0.15) is 42.0 Å². The average molecular weight is 485 g/mol. The van der Waals surface area contributed by atoms with Crippen molar-refractivity contribution in [2.24, 2.45) is 0 Å². The van der Waals surface area contributed by atoms with Gasteiger partial charge in [0.15, 0.2) is 11.6 Å². The number of hydrogen-bond acceptors (Lipinski definition) is 9. The van der Waals surface area contributed by atoms with E-state index in [1.165, 1.54) is 20.4 Å². The van der Waals surface area contributed by atoms with E-state index in [9.17, 15) is 13.2 Å². The number of methoxy groups -OCH3 is 1. The quantitative estimate of drug-likeness (QED) is 0.390. The maximum atomic E-state index is 12.8. The van der Waals surface area contributed by atoms with E-state index in [1.54, 1.807) is 37.3 Å². The predicted molar refractivity (Wildman–Crippen MR) is 123 cm³/mol. The molecule has 0 unspecified atom stereocenters. The zero-order valence-electron chi connectivity index (χ0n) is 19.3. The van der Waals surface area contributed by atoms with Gasteiger partial charge in [0.25, 0.3) is 0 Å². The van der Waals surface area contributed by atoms with E-state index in [1.807, 2.05) is 6.92 Å². The summed E-state index contributed by atoms with van der Waals surface area (Å²) in [5.74, 6) is 2.78. The zero-order valence-corrected chi connectivity index (χ0v) is 19.3. The highest BCUT2D eigenvalue weighted by molar-refractivity contribution is 5.77. The fourth-order valence-corrected chi connectivity index (χ4v) is 3.43. The maximum Gasteiger partial charge on any atom is 0.408 e. The Balaban J connectivity index is 1.61. The van der Waals surface area contributed by atoms with Gasteiger partial charge >= 0.3 is 6.18 Å². The van der Waals surface area contributed by atoms with Crippen LogP contribution in [0.2, 0.25) is 0 Å². The number of halogens is 3. The van der Waals surface area contributed by atoms with Gasteiger partial charge in [-0.2, -0.15) is 18.3 Å². The van der Waals surface area contributed by atoms with Crippen LogP contribution in [0.5, 0.6) is 5.75 Å². The van der Waals surface area contributed by atoms with E-state index < -0.39 is 12.7 Å². The predicted octanol–water partition coefficient (Wildman–Crippen LogP) is 4.51. The summed E-state index contributed by atoms with van der Waals surface area (Å²) in [5, 5.41) is 10.3. The first kappa shape index (κ1) is 23.9. The Hall–Kier alpha value is -4.29. The average Bonchev–Trinajstić information content (AvgIpc) is 3.11. The van der Waals surface area contributed by atoms with Crippen LogP contribution in [0.4, 0.5) is 36.3 Å². The summed E-state index contributed by atoms with van der Waals surface area (Å²) in [6.45, 7) is 3.91. The maximum absolute atomic E-state index is 12.8. The van der Waals surface area contributed by atoms with Crippen molar-refractivity contribution in [2.45, 2.75) is 33.5 Å². The van der Waals surface area contributed by atoms with Crippen LogP contribution < -0.4 is 15.4 Å². The molecule has 1 aromatic carbocycles. The van der Waals surface area contributed by atoms with Crippen LogP contribution in [0.15, 0.2) is 36.7 Å². The third-order valence-electron chi connectivity index (χ3n) is 4.80. The Bertz CT molecular complexity index is 1330. The van der Waals surface area contributed by atoms with Crippen LogP contribution in [0.1, 0.15) is 17.3 Å². The second-order valence-corrected chi connectivity index (χ2v) is 7.62. The van der Waals surface area contributed by atoms with Crippen LogP contribution in [0, 0.1) is 20.8 Å². The highest BCUT2D eigenvalue weighted by Gasteiger charge is 2.30. The molecule has 0 atom stereocenters. The minimum atomic E-state index is -4.41. The van der Waals surface area contributed by atoms with Crippen LogP contribution in [0.25, 0.3) is 11.4 Å². The molecule has 0 amide bonds. The molecule has 13 heteroatoms. The second kappa shape index (κ2) is 9.52. The number of ether oxygens (including phenoxy) is 1. The van der Waals surface area contributed by atoms with Gasteiger partial charge in [-0.3, -0.25) is 0 Å². The first-order valence-electron chi connectivity index (χ1n) is 10.5. The minimum absolute atomic E-state index is 0.117. The van der Waals surface area contributed by atoms with Crippen molar-refractivity contribution in [3.05, 3.63) is 54.0 Å². The van der Waals surface area contributed by atoms with Crippen molar-refractivity contribution >= 4 is 23.1 Å². The first-order chi connectivity index (χ1) is 16.6. The Morgan fingerprint density at radius 2 is 1.69 bits per heavy atom. The largest absolute Gasteiger partial charge is 0.494 e. The molecular weight excluding hydrogens is 463 g/mol. The molecule has 0 aliphatic carbocycles. The molecule has 0 radical (unpaired) electrons. The summed E-state index contributed by atoms with van der Waals surface area (Å²) in [4.78, 5) is 21.2. The molecule has 0 bridgehead atoms. The van der Waals surface area contributed by atoms with Crippen molar-refractivity contribution in [1.29, 1.82) is 0 Å². The lowest BCUT2D eigenvalue weighted by molar-refractivity contribution is -0.143. The summed E-state index contributed by atoms with van der Waals surface area (Å²) in [6.07, 6.45) is -3.03. The Kier molecular flexibility index (Phi) is 6.49. The number of nitrogens with one attached hydrogen (secondary N) is 2. The first-order valence-corrected chi connectivity index (χ1v) is 10.5. The SMILES string of the molecule is COc1c(Nc2cc(Nc3cc(C)nc(C)n3)ncn2)cccc1-c1nc(C)n(CC(F)(F)F)n1. The lowest BCUT2D eigenvalue weighted by Gasteiger charge is -2.14. The zero-order chi connectivity index (χ0) is 25.2. The number of aromatic nitrogens is 7. The molecule has 182 valence electrons. The van der Waals surface area contributed by atoms with E-state index >= 15 is 0 Å². The van der Waals surface area contributed by atoms with E-state index in [0.29, 0.717) is 40.3 Å². The van der Waals surface area contributed by atoms with Crippen molar-refractivity contribution < 1.29 is 17.9 Å². The minimum Gasteiger partial charge on any atom is -0.494 e. The summed E-state index contributed by atoms with van der Waals surface area (Å²) in [7, 11) is 1.45. The van der Waals surface area contributed by atoms with Crippen molar-refractivity contribution in [3.8, 4) is 17.1 Å².